The van der Waals surface area contributed by atoms with Crippen molar-refractivity contribution >= 4 is 18.3 Å². The lowest BCUT2D eigenvalue weighted by molar-refractivity contribution is 0.0941. The van der Waals surface area contributed by atoms with Gasteiger partial charge in [-0.05, 0) is 25.1 Å². The SMILES string of the molecule is C[C@@H](CN)NC(=O)c1ccc2c(c1)OCO2.Cl. The second kappa shape index (κ2) is 5.75. The van der Waals surface area contributed by atoms with Crippen molar-refractivity contribution in [3.8, 4) is 11.5 Å². The van der Waals surface area contributed by atoms with Gasteiger partial charge in [0.05, 0.1) is 0 Å². The Kier molecular flexibility index (Phi) is 4.60. The van der Waals surface area contributed by atoms with Crippen LogP contribution in [0.25, 0.3) is 0 Å². The van der Waals surface area contributed by atoms with Crippen LogP contribution in [0.4, 0.5) is 0 Å². The highest BCUT2D eigenvalue weighted by Crippen LogP contribution is 2.32. The van der Waals surface area contributed by atoms with Crippen LogP contribution in [0, 0.1) is 0 Å². The van der Waals surface area contributed by atoms with Crippen LogP contribution in [-0.2, 0) is 0 Å². The molecule has 1 amide bonds. The molecular formula is C11H15ClN2O3. The lowest BCUT2D eigenvalue weighted by atomic mass is 10.2. The van der Waals surface area contributed by atoms with Gasteiger partial charge in [-0.1, -0.05) is 0 Å². The summed E-state index contributed by atoms with van der Waals surface area (Å²) < 4.78 is 10.4. The van der Waals surface area contributed by atoms with Gasteiger partial charge in [0.15, 0.2) is 11.5 Å². The van der Waals surface area contributed by atoms with Gasteiger partial charge in [0, 0.05) is 18.2 Å². The van der Waals surface area contributed by atoms with E-state index in [2.05, 4.69) is 5.32 Å². The van der Waals surface area contributed by atoms with Gasteiger partial charge in [-0.3, -0.25) is 4.79 Å². The summed E-state index contributed by atoms with van der Waals surface area (Å²) in [5.74, 6) is 1.12. The van der Waals surface area contributed by atoms with E-state index in [4.69, 9.17) is 15.2 Å². The molecule has 0 spiro atoms. The molecule has 17 heavy (non-hydrogen) atoms. The van der Waals surface area contributed by atoms with Crippen LogP contribution in [0.3, 0.4) is 0 Å². The van der Waals surface area contributed by atoms with Crippen molar-refractivity contribution in [3.63, 3.8) is 0 Å². The highest BCUT2D eigenvalue weighted by molar-refractivity contribution is 5.95. The Morgan fingerprint density at radius 1 is 1.47 bits per heavy atom. The molecule has 0 aliphatic carbocycles. The largest absolute Gasteiger partial charge is 0.454 e. The number of benzene rings is 1. The first-order valence-corrected chi connectivity index (χ1v) is 5.11. The average molecular weight is 259 g/mol. The maximum absolute atomic E-state index is 11.8. The lowest BCUT2D eigenvalue weighted by Gasteiger charge is -2.11. The molecular weight excluding hydrogens is 244 g/mol. The molecule has 0 fully saturated rings. The van der Waals surface area contributed by atoms with Crippen molar-refractivity contribution in [2.75, 3.05) is 13.3 Å². The van der Waals surface area contributed by atoms with Gasteiger partial charge in [0.25, 0.3) is 5.91 Å². The highest BCUT2D eigenvalue weighted by atomic mass is 35.5. The number of ether oxygens (including phenoxy) is 2. The molecule has 0 saturated carbocycles. The van der Waals surface area contributed by atoms with E-state index in [0.717, 1.165) is 0 Å². The average Bonchev–Trinajstić information content (AvgIpc) is 2.75. The molecule has 0 saturated heterocycles. The fraction of sp³-hybridized carbons (Fsp3) is 0.364. The summed E-state index contributed by atoms with van der Waals surface area (Å²) in [5.41, 5.74) is 5.98. The van der Waals surface area contributed by atoms with Crippen molar-refractivity contribution in [2.45, 2.75) is 13.0 Å². The molecule has 1 aliphatic rings. The number of carbonyl (C=O) groups excluding carboxylic acids is 1. The Hall–Kier alpha value is -1.46. The Morgan fingerprint density at radius 2 is 2.18 bits per heavy atom. The van der Waals surface area contributed by atoms with E-state index < -0.39 is 0 Å². The van der Waals surface area contributed by atoms with Crippen LogP contribution in [0.5, 0.6) is 11.5 Å². The fourth-order valence-corrected chi connectivity index (χ4v) is 1.40. The molecule has 6 heteroatoms. The van der Waals surface area contributed by atoms with Crippen molar-refractivity contribution in [3.05, 3.63) is 23.8 Å². The van der Waals surface area contributed by atoms with Gasteiger partial charge >= 0.3 is 0 Å². The first-order valence-electron chi connectivity index (χ1n) is 5.11. The lowest BCUT2D eigenvalue weighted by Crippen LogP contribution is -2.37. The van der Waals surface area contributed by atoms with Crippen LogP contribution >= 0.6 is 12.4 Å². The Balaban J connectivity index is 0.00000144. The molecule has 94 valence electrons. The summed E-state index contributed by atoms with van der Waals surface area (Å²) in [6.45, 7) is 2.47. The van der Waals surface area contributed by atoms with E-state index in [1.165, 1.54) is 0 Å². The number of carbonyl (C=O) groups is 1. The van der Waals surface area contributed by atoms with E-state index in [1.54, 1.807) is 18.2 Å². The number of halogens is 1. The minimum absolute atomic E-state index is 0. The molecule has 2 rings (SSSR count). The zero-order chi connectivity index (χ0) is 11.5. The summed E-state index contributed by atoms with van der Waals surface area (Å²) in [6, 6.07) is 5.05. The maximum atomic E-state index is 11.8. The predicted molar refractivity (Wildman–Crippen MR) is 65.8 cm³/mol. The number of rotatable bonds is 3. The third-order valence-electron chi connectivity index (χ3n) is 2.37. The number of hydrogen-bond donors (Lipinski definition) is 2. The molecule has 0 unspecified atom stereocenters. The normalized spacial score (nSPS) is 13.8. The van der Waals surface area contributed by atoms with E-state index in [0.29, 0.717) is 23.6 Å². The zero-order valence-electron chi connectivity index (χ0n) is 9.43. The molecule has 3 N–H and O–H groups in total. The van der Waals surface area contributed by atoms with Crippen molar-refractivity contribution in [1.82, 2.24) is 5.32 Å². The second-order valence-electron chi connectivity index (χ2n) is 3.68. The van der Waals surface area contributed by atoms with Crippen LogP contribution in [0.15, 0.2) is 18.2 Å². The number of nitrogens with two attached hydrogens (primary N) is 1. The third-order valence-corrected chi connectivity index (χ3v) is 2.37. The summed E-state index contributed by atoms with van der Waals surface area (Å²) in [5, 5.41) is 2.78. The minimum Gasteiger partial charge on any atom is -0.454 e. The number of nitrogens with one attached hydrogen (secondary N) is 1. The van der Waals surface area contributed by atoms with E-state index in [9.17, 15) is 4.79 Å². The smallest absolute Gasteiger partial charge is 0.251 e. The summed E-state index contributed by atoms with van der Waals surface area (Å²) >= 11 is 0. The van der Waals surface area contributed by atoms with E-state index >= 15 is 0 Å². The van der Waals surface area contributed by atoms with Gasteiger partial charge in [-0.15, -0.1) is 12.4 Å². The minimum atomic E-state index is -0.156. The summed E-state index contributed by atoms with van der Waals surface area (Å²) in [6.07, 6.45) is 0. The summed E-state index contributed by atoms with van der Waals surface area (Å²) in [4.78, 5) is 11.8. The summed E-state index contributed by atoms with van der Waals surface area (Å²) in [7, 11) is 0. The molecule has 1 heterocycles. The van der Waals surface area contributed by atoms with Crippen molar-refractivity contribution in [1.29, 1.82) is 0 Å². The first-order chi connectivity index (χ1) is 7.70. The zero-order valence-corrected chi connectivity index (χ0v) is 10.3. The molecule has 1 aromatic carbocycles. The Labute approximate surface area is 106 Å². The fourth-order valence-electron chi connectivity index (χ4n) is 1.40. The first kappa shape index (κ1) is 13.6. The monoisotopic (exact) mass is 258 g/mol. The highest BCUT2D eigenvalue weighted by Gasteiger charge is 2.16. The Bertz CT molecular complexity index is 412. The van der Waals surface area contributed by atoms with E-state index in [1.807, 2.05) is 6.92 Å². The van der Waals surface area contributed by atoms with E-state index in [-0.39, 0.29) is 31.1 Å². The van der Waals surface area contributed by atoms with Crippen molar-refractivity contribution in [2.24, 2.45) is 5.73 Å². The predicted octanol–water partition coefficient (Wildman–Crippen LogP) is 0.914. The second-order valence-corrected chi connectivity index (χ2v) is 3.68. The van der Waals surface area contributed by atoms with Crippen molar-refractivity contribution < 1.29 is 14.3 Å². The van der Waals surface area contributed by atoms with Gasteiger partial charge in [-0.2, -0.15) is 0 Å². The molecule has 1 atom stereocenters. The van der Waals surface area contributed by atoms with Crippen LogP contribution in [-0.4, -0.2) is 25.3 Å². The Morgan fingerprint density at radius 3 is 2.88 bits per heavy atom. The molecule has 0 aromatic heterocycles. The van der Waals surface area contributed by atoms with Gasteiger partial charge in [0.1, 0.15) is 0 Å². The topological polar surface area (TPSA) is 73.6 Å². The molecule has 5 nitrogen and oxygen atoms in total. The molecule has 0 bridgehead atoms. The number of amides is 1. The quantitative estimate of drug-likeness (QED) is 0.845. The van der Waals surface area contributed by atoms with Crippen LogP contribution in [0.2, 0.25) is 0 Å². The number of hydrogen-bond acceptors (Lipinski definition) is 4. The molecule has 1 aliphatic heterocycles. The van der Waals surface area contributed by atoms with Crippen LogP contribution in [0.1, 0.15) is 17.3 Å². The third kappa shape index (κ3) is 3.01. The molecule has 1 aromatic rings. The van der Waals surface area contributed by atoms with Gasteiger partial charge in [-0.25, -0.2) is 0 Å². The van der Waals surface area contributed by atoms with Crippen LogP contribution < -0.4 is 20.5 Å². The number of fused-ring (bicyclic) bond motifs is 1. The van der Waals surface area contributed by atoms with Gasteiger partial charge < -0.3 is 20.5 Å². The maximum Gasteiger partial charge on any atom is 0.251 e. The van der Waals surface area contributed by atoms with Gasteiger partial charge in [0.2, 0.25) is 6.79 Å². The molecule has 0 radical (unpaired) electrons. The standard InChI is InChI=1S/C11H14N2O3.ClH/c1-7(5-12)13-11(14)8-2-3-9-10(4-8)16-6-15-9;/h2-4,7H,5-6,12H2,1H3,(H,13,14);1H/t7-;/m0./s1.